The molecular formula is C17H24O2. The molecule has 104 valence electrons. The standard InChI is InChI=1S/C17H24O2/c18-16-5-10-17(11-6-16)8-3-14(4-9-17)1-2-15-7-12-19-13-15/h1-2,7,12-14,16,18H,3-6,8-11H2. The summed E-state index contributed by atoms with van der Waals surface area (Å²) in [7, 11) is 0. The minimum absolute atomic E-state index is 0.0238. The molecule has 0 amide bonds. The lowest BCUT2D eigenvalue weighted by Crippen LogP contribution is -2.33. The van der Waals surface area contributed by atoms with Crippen molar-refractivity contribution in [3.05, 3.63) is 30.2 Å². The summed E-state index contributed by atoms with van der Waals surface area (Å²) in [6, 6.07) is 2.00. The van der Waals surface area contributed by atoms with Crippen LogP contribution in [0.4, 0.5) is 0 Å². The number of hydrogen-bond donors (Lipinski definition) is 1. The molecule has 2 aliphatic rings. The van der Waals surface area contributed by atoms with Crippen molar-refractivity contribution in [1.82, 2.24) is 0 Å². The number of hydrogen-bond acceptors (Lipinski definition) is 2. The average molecular weight is 260 g/mol. The van der Waals surface area contributed by atoms with Crippen molar-refractivity contribution < 1.29 is 9.52 Å². The molecule has 0 aliphatic heterocycles. The van der Waals surface area contributed by atoms with Crippen molar-refractivity contribution in [1.29, 1.82) is 0 Å². The molecular weight excluding hydrogens is 236 g/mol. The third-order valence-electron chi connectivity index (χ3n) is 5.21. The third-order valence-corrected chi connectivity index (χ3v) is 5.21. The van der Waals surface area contributed by atoms with Crippen molar-refractivity contribution in [3.8, 4) is 0 Å². The Labute approximate surface area is 115 Å². The molecule has 2 nitrogen and oxygen atoms in total. The molecule has 0 unspecified atom stereocenters. The van der Waals surface area contributed by atoms with Crippen LogP contribution >= 0.6 is 0 Å². The van der Waals surface area contributed by atoms with E-state index in [2.05, 4.69) is 12.2 Å². The van der Waals surface area contributed by atoms with Crippen LogP contribution in [0.15, 0.2) is 29.1 Å². The summed E-state index contributed by atoms with van der Waals surface area (Å²) in [4.78, 5) is 0. The maximum absolute atomic E-state index is 9.64. The van der Waals surface area contributed by atoms with Crippen LogP contribution in [0.2, 0.25) is 0 Å². The molecule has 19 heavy (non-hydrogen) atoms. The Morgan fingerprint density at radius 3 is 2.42 bits per heavy atom. The first-order chi connectivity index (χ1) is 9.26. The van der Waals surface area contributed by atoms with E-state index in [9.17, 15) is 5.11 Å². The van der Waals surface area contributed by atoms with E-state index in [4.69, 9.17) is 4.42 Å². The first-order valence-corrected chi connectivity index (χ1v) is 7.64. The Morgan fingerprint density at radius 2 is 1.79 bits per heavy atom. The summed E-state index contributed by atoms with van der Waals surface area (Å²) < 4.78 is 5.08. The van der Waals surface area contributed by atoms with Crippen LogP contribution in [0.25, 0.3) is 6.08 Å². The molecule has 1 aromatic heterocycles. The van der Waals surface area contributed by atoms with Crippen molar-refractivity contribution in [2.45, 2.75) is 57.5 Å². The molecule has 2 heteroatoms. The summed E-state index contributed by atoms with van der Waals surface area (Å²) in [5, 5.41) is 9.64. The molecule has 0 atom stereocenters. The third kappa shape index (κ3) is 3.11. The van der Waals surface area contributed by atoms with Crippen molar-refractivity contribution in [2.24, 2.45) is 11.3 Å². The maximum Gasteiger partial charge on any atom is 0.0974 e. The molecule has 0 radical (unpaired) electrons. The van der Waals surface area contributed by atoms with Gasteiger partial charge in [-0.1, -0.05) is 12.2 Å². The molecule has 1 heterocycles. The van der Waals surface area contributed by atoms with Crippen molar-refractivity contribution in [3.63, 3.8) is 0 Å². The fraction of sp³-hybridized carbons (Fsp3) is 0.647. The largest absolute Gasteiger partial charge is 0.472 e. The number of furan rings is 1. The highest BCUT2D eigenvalue weighted by Crippen LogP contribution is 2.49. The van der Waals surface area contributed by atoms with E-state index in [-0.39, 0.29) is 6.10 Å². The second kappa shape index (κ2) is 5.54. The monoisotopic (exact) mass is 260 g/mol. The molecule has 2 aliphatic carbocycles. The van der Waals surface area contributed by atoms with Crippen LogP contribution < -0.4 is 0 Å². The van der Waals surface area contributed by atoms with Gasteiger partial charge in [-0.3, -0.25) is 0 Å². The van der Waals surface area contributed by atoms with Crippen molar-refractivity contribution in [2.75, 3.05) is 0 Å². The Morgan fingerprint density at radius 1 is 1.11 bits per heavy atom. The van der Waals surface area contributed by atoms with Crippen LogP contribution in [0.5, 0.6) is 0 Å². The van der Waals surface area contributed by atoms with Gasteiger partial charge in [0.25, 0.3) is 0 Å². The normalized spacial score (nSPS) is 36.1. The number of aliphatic hydroxyl groups excluding tert-OH is 1. The summed E-state index contributed by atoms with van der Waals surface area (Å²) in [5.41, 5.74) is 1.74. The van der Waals surface area contributed by atoms with E-state index in [1.165, 1.54) is 44.1 Å². The van der Waals surface area contributed by atoms with E-state index >= 15 is 0 Å². The van der Waals surface area contributed by atoms with Gasteiger partial charge >= 0.3 is 0 Å². The molecule has 0 aromatic carbocycles. The predicted octanol–water partition coefficient (Wildman–Crippen LogP) is 4.40. The highest BCUT2D eigenvalue weighted by molar-refractivity contribution is 5.47. The summed E-state index contributed by atoms with van der Waals surface area (Å²) >= 11 is 0. The molecule has 0 bridgehead atoms. The van der Waals surface area contributed by atoms with E-state index < -0.39 is 0 Å². The lowest BCUT2D eigenvalue weighted by molar-refractivity contribution is 0.0336. The number of allylic oxidation sites excluding steroid dienone is 1. The molecule has 1 N–H and O–H groups in total. The highest BCUT2D eigenvalue weighted by atomic mass is 16.3. The van der Waals surface area contributed by atoms with E-state index in [0.717, 1.165) is 18.8 Å². The van der Waals surface area contributed by atoms with Crippen LogP contribution in [0.3, 0.4) is 0 Å². The van der Waals surface area contributed by atoms with Crippen LogP contribution in [-0.4, -0.2) is 11.2 Å². The Bertz CT molecular complexity index is 400. The van der Waals surface area contributed by atoms with E-state index in [0.29, 0.717) is 5.41 Å². The fourth-order valence-electron chi connectivity index (χ4n) is 3.78. The van der Waals surface area contributed by atoms with Crippen LogP contribution in [0, 0.1) is 11.3 Å². The van der Waals surface area contributed by atoms with Gasteiger partial charge in [-0.05, 0) is 68.8 Å². The van der Waals surface area contributed by atoms with Gasteiger partial charge in [-0.2, -0.15) is 0 Å². The number of rotatable bonds is 2. The van der Waals surface area contributed by atoms with E-state index in [1.807, 2.05) is 6.07 Å². The summed E-state index contributed by atoms with van der Waals surface area (Å²) in [6.07, 6.45) is 17.9. The molecule has 2 fully saturated rings. The molecule has 1 spiro atoms. The first kappa shape index (κ1) is 13.0. The molecule has 2 saturated carbocycles. The van der Waals surface area contributed by atoms with Gasteiger partial charge < -0.3 is 9.52 Å². The van der Waals surface area contributed by atoms with Gasteiger partial charge in [0.2, 0.25) is 0 Å². The minimum atomic E-state index is -0.0238. The van der Waals surface area contributed by atoms with Gasteiger partial charge in [0.15, 0.2) is 0 Å². The Hall–Kier alpha value is -1.02. The minimum Gasteiger partial charge on any atom is -0.472 e. The first-order valence-electron chi connectivity index (χ1n) is 7.64. The van der Waals surface area contributed by atoms with Gasteiger partial charge in [-0.25, -0.2) is 0 Å². The van der Waals surface area contributed by atoms with Gasteiger partial charge in [0, 0.05) is 5.56 Å². The maximum atomic E-state index is 9.64. The average Bonchev–Trinajstić information content (AvgIpc) is 2.95. The quantitative estimate of drug-likeness (QED) is 0.854. The van der Waals surface area contributed by atoms with E-state index in [1.54, 1.807) is 12.5 Å². The lowest BCUT2D eigenvalue weighted by atomic mass is 9.63. The summed E-state index contributed by atoms with van der Waals surface area (Å²) in [5.74, 6) is 0.729. The van der Waals surface area contributed by atoms with Crippen molar-refractivity contribution >= 4 is 6.08 Å². The molecule has 1 aromatic rings. The lowest BCUT2D eigenvalue weighted by Gasteiger charge is -2.43. The number of aliphatic hydroxyl groups is 1. The van der Waals surface area contributed by atoms with Gasteiger partial charge in [0.1, 0.15) is 0 Å². The molecule has 0 saturated heterocycles. The second-order valence-electron chi connectivity index (χ2n) is 6.48. The zero-order valence-electron chi connectivity index (χ0n) is 11.6. The zero-order chi connectivity index (χ0) is 13.1. The molecule has 3 rings (SSSR count). The zero-order valence-corrected chi connectivity index (χ0v) is 11.6. The van der Waals surface area contributed by atoms with Crippen LogP contribution in [0.1, 0.15) is 56.9 Å². The second-order valence-corrected chi connectivity index (χ2v) is 6.48. The fourth-order valence-corrected chi connectivity index (χ4v) is 3.78. The van der Waals surface area contributed by atoms with Crippen LogP contribution in [-0.2, 0) is 0 Å². The SMILES string of the molecule is OC1CCC2(CC1)CCC(C=Cc1ccoc1)CC2. The van der Waals surface area contributed by atoms with Gasteiger partial charge in [-0.15, -0.1) is 0 Å². The highest BCUT2D eigenvalue weighted by Gasteiger charge is 2.37. The predicted molar refractivity (Wildman–Crippen MR) is 76.6 cm³/mol. The summed E-state index contributed by atoms with van der Waals surface area (Å²) in [6.45, 7) is 0. The van der Waals surface area contributed by atoms with Gasteiger partial charge in [0.05, 0.1) is 18.6 Å². The smallest absolute Gasteiger partial charge is 0.0974 e. The Kier molecular flexibility index (Phi) is 3.79. The topological polar surface area (TPSA) is 33.4 Å². The Balaban J connectivity index is 1.52.